The monoisotopic (exact) mass is 267 g/mol. The Morgan fingerprint density at radius 2 is 2.13 bits per heavy atom. The normalized spacial score (nSPS) is 22.9. The molecule has 0 spiro atoms. The first-order valence-electron chi connectivity index (χ1n) is 5.73. The van der Waals surface area contributed by atoms with Crippen molar-refractivity contribution in [1.29, 1.82) is 0 Å². The van der Waals surface area contributed by atoms with Crippen molar-refractivity contribution in [2.24, 2.45) is 5.92 Å². The molecule has 1 fully saturated rings. The molecule has 2 heteroatoms. The van der Waals surface area contributed by atoms with E-state index in [4.69, 9.17) is 0 Å². The van der Waals surface area contributed by atoms with E-state index >= 15 is 0 Å². The Morgan fingerprint density at radius 3 is 2.73 bits per heavy atom. The summed E-state index contributed by atoms with van der Waals surface area (Å²) in [7, 11) is 0. The van der Waals surface area contributed by atoms with Crippen molar-refractivity contribution < 1.29 is 0 Å². The predicted molar refractivity (Wildman–Crippen MR) is 68.0 cm³/mol. The van der Waals surface area contributed by atoms with E-state index in [1.807, 2.05) is 0 Å². The van der Waals surface area contributed by atoms with Crippen LogP contribution >= 0.6 is 15.9 Å². The molecule has 1 aromatic rings. The van der Waals surface area contributed by atoms with Crippen molar-refractivity contribution in [2.75, 3.05) is 6.54 Å². The molecule has 2 unspecified atom stereocenters. The van der Waals surface area contributed by atoms with Gasteiger partial charge in [-0.05, 0) is 49.4 Å². The molecule has 0 saturated carbocycles. The van der Waals surface area contributed by atoms with E-state index in [1.165, 1.54) is 31.4 Å². The minimum absolute atomic E-state index is 0.730. The Hall–Kier alpha value is -0.340. The van der Waals surface area contributed by atoms with Crippen molar-refractivity contribution in [3.63, 3.8) is 0 Å². The molecule has 1 heterocycles. The van der Waals surface area contributed by atoms with Crippen molar-refractivity contribution in [2.45, 2.75) is 32.2 Å². The predicted octanol–water partition coefficient (Wildman–Crippen LogP) is 3.38. The summed E-state index contributed by atoms with van der Waals surface area (Å²) in [5.41, 5.74) is 1.44. The van der Waals surface area contributed by atoms with Gasteiger partial charge in [-0.15, -0.1) is 0 Å². The highest BCUT2D eigenvalue weighted by Gasteiger charge is 2.20. The first-order chi connectivity index (χ1) is 7.25. The van der Waals surface area contributed by atoms with E-state index in [1.54, 1.807) is 0 Å². The van der Waals surface area contributed by atoms with Crippen molar-refractivity contribution in [3.8, 4) is 0 Å². The molecule has 0 bridgehead atoms. The summed E-state index contributed by atoms with van der Waals surface area (Å²) in [6.07, 6.45) is 3.87. The second kappa shape index (κ2) is 5.13. The fourth-order valence-corrected chi connectivity index (χ4v) is 2.60. The quantitative estimate of drug-likeness (QED) is 0.886. The zero-order valence-corrected chi connectivity index (χ0v) is 10.8. The average Bonchev–Trinajstić information content (AvgIpc) is 2.74. The number of benzene rings is 1. The SMILES string of the molecule is CC(Cc1ccc(Br)cc1)C1CCCN1. The van der Waals surface area contributed by atoms with Gasteiger partial charge in [-0.25, -0.2) is 0 Å². The maximum atomic E-state index is 3.58. The molecule has 82 valence electrons. The summed E-state index contributed by atoms with van der Waals surface area (Å²) in [6.45, 7) is 3.56. The lowest BCUT2D eigenvalue weighted by Crippen LogP contribution is -2.29. The van der Waals surface area contributed by atoms with Crippen LogP contribution < -0.4 is 5.32 Å². The Bertz CT molecular complexity index is 301. The summed E-state index contributed by atoms with van der Waals surface area (Å²) in [4.78, 5) is 0. The number of rotatable bonds is 3. The number of halogens is 1. The van der Waals surface area contributed by atoms with Crippen LogP contribution in [0.25, 0.3) is 0 Å². The molecule has 1 aliphatic rings. The van der Waals surface area contributed by atoms with Gasteiger partial charge in [0.2, 0.25) is 0 Å². The van der Waals surface area contributed by atoms with Crippen LogP contribution in [0.4, 0.5) is 0 Å². The van der Waals surface area contributed by atoms with Crippen LogP contribution in [-0.4, -0.2) is 12.6 Å². The number of hydrogen-bond acceptors (Lipinski definition) is 1. The Labute approximate surface area is 100 Å². The fourth-order valence-electron chi connectivity index (χ4n) is 2.33. The van der Waals surface area contributed by atoms with Gasteiger partial charge in [0.05, 0.1) is 0 Å². The van der Waals surface area contributed by atoms with E-state index < -0.39 is 0 Å². The molecule has 1 nitrogen and oxygen atoms in total. The van der Waals surface area contributed by atoms with Crippen LogP contribution in [-0.2, 0) is 6.42 Å². The second-order valence-corrected chi connectivity index (χ2v) is 5.43. The van der Waals surface area contributed by atoms with E-state index in [0.29, 0.717) is 0 Å². The average molecular weight is 268 g/mol. The van der Waals surface area contributed by atoms with Gasteiger partial charge in [0.15, 0.2) is 0 Å². The third-order valence-corrected chi connectivity index (χ3v) is 3.78. The van der Waals surface area contributed by atoms with Gasteiger partial charge in [0.25, 0.3) is 0 Å². The summed E-state index contributed by atoms with van der Waals surface area (Å²) >= 11 is 3.47. The first kappa shape index (κ1) is 11.2. The highest BCUT2D eigenvalue weighted by molar-refractivity contribution is 9.10. The van der Waals surface area contributed by atoms with Crippen molar-refractivity contribution in [1.82, 2.24) is 5.32 Å². The molecule has 1 N–H and O–H groups in total. The zero-order chi connectivity index (χ0) is 10.7. The van der Waals surface area contributed by atoms with Gasteiger partial charge in [-0.2, -0.15) is 0 Å². The molecule has 0 radical (unpaired) electrons. The standard InChI is InChI=1S/C13H18BrN/c1-10(13-3-2-8-15-13)9-11-4-6-12(14)7-5-11/h4-7,10,13,15H,2-3,8-9H2,1H3. The van der Waals surface area contributed by atoms with E-state index in [2.05, 4.69) is 52.4 Å². The first-order valence-corrected chi connectivity index (χ1v) is 6.53. The minimum atomic E-state index is 0.730. The number of hydrogen-bond donors (Lipinski definition) is 1. The molecular weight excluding hydrogens is 250 g/mol. The van der Waals surface area contributed by atoms with Gasteiger partial charge in [0, 0.05) is 10.5 Å². The van der Waals surface area contributed by atoms with Gasteiger partial charge in [0.1, 0.15) is 0 Å². The van der Waals surface area contributed by atoms with Crippen LogP contribution in [0.3, 0.4) is 0 Å². The van der Waals surface area contributed by atoms with Crippen molar-refractivity contribution in [3.05, 3.63) is 34.3 Å². The zero-order valence-electron chi connectivity index (χ0n) is 9.17. The Balaban J connectivity index is 1.92. The molecule has 2 rings (SSSR count). The molecule has 0 amide bonds. The topological polar surface area (TPSA) is 12.0 Å². The van der Waals surface area contributed by atoms with Crippen LogP contribution in [0, 0.1) is 5.92 Å². The highest BCUT2D eigenvalue weighted by atomic mass is 79.9. The number of nitrogens with one attached hydrogen (secondary N) is 1. The lowest BCUT2D eigenvalue weighted by molar-refractivity contribution is 0.417. The Kier molecular flexibility index (Phi) is 3.81. The Morgan fingerprint density at radius 1 is 1.40 bits per heavy atom. The van der Waals surface area contributed by atoms with Crippen LogP contribution in [0.5, 0.6) is 0 Å². The summed E-state index contributed by atoms with van der Waals surface area (Å²) < 4.78 is 1.16. The molecule has 1 saturated heterocycles. The van der Waals surface area contributed by atoms with E-state index in [0.717, 1.165) is 16.4 Å². The molecule has 0 aromatic heterocycles. The smallest absolute Gasteiger partial charge is 0.0175 e. The lowest BCUT2D eigenvalue weighted by atomic mass is 9.93. The largest absolute Gasteiger partial charge is 0.314 e. The molecular formula is C13H18BrN. The van der Waals surface area contributed by atoms with Crippen LogP contribution in [0.15, 0.2) is 28.7 Å². The van der Waals surface area contributed by atoms with E-state index in [-0.39, 0.29) is 0 Å². The summed E-state index contributed by atoms with van der Waals surface area (Å²) in [5, 5.41) is 3.58. The van der Waals surface area contributed by atoms with Gasteiger partial charge < -0.3 is 5.32 Å². The van der Waals surface area contributed by atoms with Crippen LogP contribution in [0.2, 0.25) is 0 Å². The van der Waals surface area contributed by atoms with Gasteiger partial charge in [-0.1, -0.05) is 35.0 Å². The molecule has 2 atom stereocenters. The van der Waals surface area contributed by atoms with Gasteiger partial charge in [-0.3, -0.25) is 0 Å². The van der Waals surface area contributed by atoms with Crippen molar-refractivity contribution >= 4 is 15.9 Å². The van der Waals surface area contributed by atoms with Gasteiger partial charge >= 0.3 is 0 Å². The fraction of sp³-hybridized carbons (Fsp3) is 0.538. The molecule has 1 aromatic carbocycles. The third kappa shape index (κ3) is 3.05. The summed E-state index contributed by atoms with van der Waals surface area (Å²) in [5.74, 6) is 0.744. The summed E-state index contributed by atoms with van der Waals surface area (Å²) in [6, 6.07) is 9.42. The molecule has 15 heavy (non-hydrogen) atoms. The maximum Gasteiger partial charge on any atom is 0.0175 e. The van der Waals surface area contributed by atoms with Crippen LogP contribution in [0.1, 0.15) is 25.3 Å². The minimum Gasteiger partial charge on any atom is -0.314 e. The highest BCUT2D eigenvalue weighted by Crippen LogP contribution is 2.20. The lowest BCUT2D eigenvalue weighted by Gasteiger charge is -2.19. The van der Waals surface area contributed by atoms with E-state index in [9.17, 15) is 0 Å². The molecule has 1 aliphatic heterocycles. The maximum absolute atomic E-state index is 3.58. The second-order valence-electron chi connectivity index (χ2n) is 4.51. The molecule has 0 aliphatic carbocycles. The third-order valence-electron chi connectivity index (χ3n) is 3.26.